The maximum Gasteiger partial charge on any atom is 0.303 e. The molecule has 0 spiro atoms. The number of aliphatic carboxylic acids is 3. The predicted octanol–water partition coefficient (Wildman–Crippen LogP) is 10.1. The third kappa shape index (κ3) is 20.4. The van der Waals surface area contributed by atoms with Crippen molar-refractivity contribution in [1.29, 1.82) is 15.8 Å². The van der Waals surface area contributed by atoms with Crippen molar-refractivity contribution in [2.45, 2.75) is 75.1 Å². The van der Waals surface area contributed by atoms with Gasteiger partial charge < -0.3 is 15.3 Å². The van der Waals surface area contributed by atoms with Gasteiger partial charge in [-0.05, 0) is 78.3 Å². The van der Waals surface area contributed by atoms with E-state index in [1.165, 1.54) is 47.2 Å². The zero-order chi connectivity index (χ0) is 42.2. The van der Waals surface area contributed by atoms with Gasteiger partial charge in [-0.2, -0.15) is 26.0 Å². The van der Waals surface area contributed by atoms with Crippen LogP contribution in [0.25, 0.3) is 0 Å². The molecule has 56 heavy (non-hydrogen) atoms. The number of thiocarbonyl (C=S) groups is 3. The molecule has 3 unspecified atom stereocenters. The Labute approximate surface area is 355 Å². The monoisotopic (exact) mass is 865 g/mol. The molecule has 3 rings (SSSR count). The van der Waals surface area contributed by atoms with E-state index < -0.39 is 33.7 Å². The summed E-state index contributed by atoms with van der Waals surface area (Å²) in [5, 5.41) is 60.6. The summed E-state index contributed by atoms with van der Waals surface area (Å²) in [5.74, 6) is -3.02. The maximum atomic E-state index is 10.6. The van der Waals surface area contributed by atoms with Gasteiger partial charge in [0, 0.05) is 19.3 Å². The van der Waals surface area contributed by atoms with Gasteiger partial charge >= 0.3 is 17.9 Å². The summed E-state index contributed by atoms with van der Waals surface area (Å²) >= 11 is 17.3. The van der Waals surface area contributed by atoms with Crippen LogP contribution in [0.1, 0.15) is 76.0 Å². The lowest BCUT2D eigenvalue weighted by atomic mass is 9.97. The largest absolute Gasteiger partial charge is 0.481 e. The fraction of sp³-hybridized carbons (Fsp3) is 0.308. The molecule has 3 aromatic rings. The third-order valence-electron chi connectivity index (χ3n) is 7.22. The van der Waals surface area contributed by atoms with Crippen LogP contribution in [0.5, 0.6) is 0 Å². The number of nitrogens with zero attached hydrogens (tertiary/aromatic N) is 5. The summed E-state index contributed by atoms with van der Waals surface area (Å²) in [6, 6.07) is 35.2. The lowest BCUT2D eigenvalue weighted by Crippen LogP contribution is -2.25. The molecule has 17 heteroatoms. The first-order chi connectivity index (χ1) is 26.4. The number of thioether (sulfide) groups is 1. The summed E-state index contributed by atoms with van der Waals surface area (Å²) in [4.78, 5) is 31.6. The van der Waals surface area contributed by atoms with Gasteiger partial charge in [0.05, 0.1) is 30.8 Å². The first-order valence-electron chi connectivity index (χ1n) is 16.6. The zero-order valence-corrected chi connectivity index (χ0v) is 35.6. The van der Waals surface area contributed by atoms with E-state index in [0.717, 1.165) is 25.1 Å². The van der Waals surface area contributed by atoms with Crippen LogP contribution in [-0.4, -0.2) is 61.6 Å². The SMILES string of the molecule is CC(C#N)(CCC(=O)O)N=NC(C)(C#N)CCC(=O)O.CC(C#N)(CCC(=O)O)SC(=S)c1ccccc1.S=C(SSC(=S)c1ccccc1)c1ccccc1. The minimum Gasteiger partial charge on any atom is -0.481 e. The fourth-order valence-electron chi connectivity index (χ4n) is 3.81. The van der Waals surface area contributed by atoms with Crippen LogP contribution in [0.2, 0.25) is 0 Å². The number of carboxylic acid groups (broad SMARTS) is 3. The van der Waals surface area contributed by atoms with Gasteiger partial charge in [-0.3, -0.25) is 14.4 Å². The van der Waals surface area contributed by atoms with Gasteiger partial charge in [-0.25, -0.2) is 0 Å². The van der Waals surface area contributed by atoms with Crippen LogP contribution >= 0.6 is 70.0 Å². The third-order valence-corrected chi connectivity index (χ3v) is 12.6. The first-order valence-corrected chi connectivity index (χ1v) is 20.7. The second kappa shape index (κ2) is 25.6. The van der Waals surface area contributed by atoms with Crippen molar-refractivity contribution in [2.75, 3.05) is 0 Å². The number of azo groups is 1. The quantitative estimate of drug-likeness (QED) is 0.0738. The van der Waals surface area contributed by atoms with Crippen LogP contribution in [0.4, 0.5) is 0 Å². The first kappa shape index (κ1) is 49.5. The smallest absolute Gasteiger partial charge is 0.303 e. The van der Waals surface area contributed by atoms with Crippen molar-refractivity contribution < 1.29 is 29.7 Å². The predicted molar refractivity (Wildman–Crippen MR) is 235 cm³/mol. The molecule has 0 amide bonds. The molecule has 0 saturated heterocycles. The number of rotatable bonds is 15. The van der Waals surface area contributed by atoms with E-state index in [-0.39, 0.29) is 38.5 Å². The van der Waals surface area contributed by atoms with Crippen LogP contribution in [0, 0.1) is 34.0 Å². The summed E-state index contributed by atoms with van der Waals surface area (Å²) in [6.45, 7) is 4.54. The summed E-state index contributed by atoms with van der Waals surface area (Å²) in [7, 11) is 3.08. The van der Waals surface area contributed by atoms with Gasteiger partial charge in [-0.1, -0.05) is 139 Å². The van der Waals surface area contributed by atoms with E-state index in [2.05, 4.69) is 16.3 Å². The van der Waals surface area contributed by atoms with E-state index >= 15 is 0 Å². The molecular weight excluding hydrogens is 827 g/mol. The van der Waals surface area contributed by atoms with Crippen molar-refractivity contribution in [1.82, 2.24) is 0 Å². The molecule has 0 aliphatic carbocycles. The molecule has 0 bridgehead atoms. The number of benzene rings is 3. The molecule has 3 atom stereocenters. The fourth-order valence-corrected chi connectivity index (χ4v) is 7.94. The van der Waals surface area contributed by atoms with Crippen LogP contribution in [0.15, 0.2) is 101 Å². The van der Waals surface area contributed by atoms with Crippen molar-refractivity contribution in [3.05, 3.63) is 108 Å². The van der Waals surface area contributed by atoms with Crippen LogP contribution in [-0.2, 0) is 14.4 Å². The van der Waals surface area contributed by atoms with E-state index in [4.69, 9.17) is 62.5 Å². The van der Waals surface area contributed by atoms with E-state index in [1.54, 1.807) is 6.92 Å². The second-order valence-electron chi connectivity index (χ2n) is 12.2. The average molecular weight is 866 g/mol. The second-order valence-corrected chi connectivity index (χ2v) is 17.9. The minimum atomic E-state index is -1.35. The Hall–Kier alpha value is -4.54. The summed E-state index contributed by atoms with van der Waals surface area (Å²) < 4.78 is 1.54. The summed E-state index contributed by atoms with van der Waals surface area (Å²) in [6.07, 6.45) is -0.334. The Morgan fingerprint density at radius 3 is 1.14 bits per heavy atom. The van der Waals surface area contributed by atoms with Crippen LogP contribution < -0.4 is 0 Å². The molecule has 292 valence electrons. The van der Waals surface area contributed by atoms with Crippen molar-refractivity contribution in [3.8, 4) is 18.2 Å². The Bertz CT molecular complexity index is 1870. The van der Waals surface area contributed by atoms with E-state index in [0.29, 0.717) is 4.20 Å². The number of nitriles is 3. The van der Waals surface area contributed by atoms with Gasteiger partial charge in [0.1, 0.15) is 4.75 Å². The van der Waals surface area contributed by atoms with E-state index in [9.17, 15) is 19.6 Å². The lowest BCUT2D eigenvalue weighted by molar-refractivity contribution is -0.138. The molecule has 3 N–H and O–H groups in total. The molecule has 0 saturated carbocycles. The van der Waals surface area contributed by atoms with E-state index in [1.807, 2.05) is 103 Å². The van der Waals surface area contributed by atoms with Crippen LogP contribution in [0.3, 0.4) is 0 Å². The Morgan fingerprint density at radius 2 is 0.857 bits per heavy atom. The zero-order valence-electron chi connectivity index (χ0n) is 30.7. The maximum absolute atomic E-state index is 10.6. The Balaban J connectivity index is 0.000000420. The molecule has 11 nitrogen and oxygen atoms in total. The lowest BCUT2D eigenvalue weighted by Gasteiger charge is -2.20. The molecule has 0 heterocycles. The highest BCUT2D eigenvalue weighted by molar-refractivity contribution is 8.90. The molecule has 3 aromatic carbocycles. The van der Waals surface area contributed by atoms with Crippen molar-refractivity contribution in [2.24, 2.45) is 10.2 Å². The molecule has 0 fully saturated rings. The van der Waals surface area contributed by atoms with Gasteiger partial charge in [0.2, 0.25) is 0 Å². The molecular formula is C39H39N5O6S6. The van der Waals surface area contributed by atoms with Gasteiger partial charge in [0.25, 0.3) is 0 Å². The molecule has 0 aliphatic rings. The highest BCUT2D eigenvalue weighted by Gasteiger charge is 2.30. The number of carboxylic acids is 3. The number of carbonyl (C=O) groups is 3. The van der Waals surface area contributed by atoms with Crippen molar-refractivity contribution >= 4 is 101 Å². The molecule has 0 aromatic heterocycles. The average Bonchev–Trinajstić information content (AvgIpc) is 3.21. The highest BCUT2D eigenvalue weighted by atomic mass is 33.1. The van der Waals surface area contributed by atoms with Gasteiger partial charge in [0.15, 0.2) is 11.1 Å². The standard InChI is InChI=1S/C14H10S4.C13H13NO2S2.C12H16N4O4/c15-13(11-7-3-1-4-8-11)17-18-14(16)12-9-5-2-6-10-12;1-13(9-14,8-7-11(15)16)18-12(17)10-5-3-2-4-6-10;1-11(7-13,5-3-9(17)18)15-16-12(2,8-14)6-4-10(19)20/h1-10H;2-6H,7-8H2,1H3,(H,15,16);3-6H2,1-2H3,(H,17,18)(H,19,20). The highest BCUT2D eigenvalue weighted by Crippen LogP contribution is 2.33. The Morgan fingerprint density at radius 1 is 0.554 bits per heavy atom. The topological polar surface area (TPSA) is 208 Å². The summed E-state index contributed by atoms with van der Waals surface area (Å²) in [5.41, 5.74) is 0.329. The molecule has 0 aliphatic heterocycles. The number of hydrogen-bond donors (Lipinski definition) is 3. The van der Waals surface area contributed by atoms with Crippen molar-refractivity contribution in [3.63, 3.8) is 0 Å². The minimum absolute atomic E-state index is 0.0333. The number of hydrogen-bond acceptors (Lipinski definition) is 14. The Kier molecular flexibility index (Phi) is 22.6. The molecule has 0 radical (unpaired) electrons. The van der Waals surface area contributed by atoms with Gasteiger partial charge in [-0.15, -0.1) is 0 Å². The normalized spacial score (nSPS) is 13.4.